The molecule has 178 valence electrons. The van der Waals surface area contributed by atoms with Gasteiger partial charge in [0.25, 0.3) is 11.8 Å². The molecule has 3 aromatic carbocycles. The molecule has 0 aliphatic heterocycles. The molecule has 0 saturated heterocycles. The van der Waals surface area contributed by atoms with Crippen LogP contribution in [0.2, 0.25) is 0 Å². The molecule has 4 rings (SSSR count). The maximum atomic E-state index is 13.7. The highest BCUT2D eigenvalue weighted by atomic mass is 16.2. The van der Waals surface area contributed by atoms with E-state index in [1.54, 1.807) is 29.2 Å². The lowest BCUT2D eigenvalue weighted by Crippen LogP contribution is -2.42. The maximum absolute atomic E-state index is 13.7. The van der Waals surface area contributed by atoms with Gasteiger partial charge in [-0.15, -0.1) is 5.10 Å². The second-order valence-electron chi connectivity index (χ2n) is 8.37. The van der Waals surface area contributed by atoms with Crippen LogP contribution in [-0.2, 0) is 4.79 Å². The quantitative estimate of drug-likeness (QED) is 0.411. The zero-order valence-electron chi connectivity index (χ0n) is 20.0. The first kappa shape index (κ1) is 23.8. The van der Waals surface area contributed by atoms with Crippen molar-refractivity contribution in [2.45, 2.75) is 33.2 Å². The summed E-state index contributed by atoms with van der Waals surface area (Å²) in [5.41, 5.74) is 4.68. The van der Waals surface area contributed by atoms with Crippen molar-refractivity contribution in [3.63, 3.8) is 0 Å². The molecule has 0 fully saturated rings. The third-order valence-electron chi connectivity index (χ3n) is 5.86. The zero-order chi connectivity index (χ0) is 24.8. The number of hydrogen-bond acceptors (Lipinski definition) is 5. The van der Waals surface area contributed by atoms with Crippen LogP contribution in [0.5, 0.6) is 0 Å². The molecule has 1 N–H and O–H groups in total. The first-order valence-corrected chi connectivity index (χ1v) is 11.6. The lowest BCUT2D eigenvalue weighted by molar-refractivity contribution is -0.120. The van der Waals surface area contributed by atoms with Gasteiger partial charge in [0.1, 0.15) is 12.4 Å². The molecule has 0 radical (unpaired) electrons. The van der Waals surface area contributed by atoms with E-state index in [2.05, 4.69) is 20.8 Å². The van der Waals surface area contributed by atoms with Gasteiger partial charge in [-0.25, -0.2) is 4.68 Å². The third-order valence-corrected chi connectivity index (χ3v) is 5.86. The summed E-state index contributed by atoms with van der Waals surface area (Å²) >= 11 is 0. The fourth-order valence-electron chi connectivity index (χ4n) is 4.10. The Labute approximate surface area is 204 Å². The van der Waals surface area contributed by atoms with E-state index >= 15 is 0 Å². The zero-order valence-corrected chi connectivity index (χ0v) is 20.0. The number of anilines is 1. The van der Waals surface area contributed by atoms with Crippen molar-refractivity contribution in [3.05, 3.63) is 101 Å². The number of benzene rings is 3. The second kappa shape index (κ2) is 10.7. The lowest BCUT2D eigenvalue weighted by atomic mass is 10.0. The van der Waals surface area contributed by atoms with Crippen molar-refractivity contribution in [1.82, 2.24) is 25.1 Å². The molecule has 2 amide bonds. The van der Waals surface area contributed by atoms with E-state index in [0.717, 1.165) is 28.1 Å². The van der Waals surface area contributed by atoms with E-state index in [1.807, 2.05) is 69.3 Å². The van der Waals surface area contributed by atoms with Gasteiger partial charge in [-0.3, -0.25) is 9.59 Å². The largest absolute Gasteiger partial charge is 0.323 e. The number of nitrogens with zero attached hydrogens (tertiary/aromatic N) is 5. The summed E-state index contributed by atoms with van der Waals surface area (Å²) < 4.78 is 1.52. The van der Waals surface area contributed by atoms with Crippen LogP contribution in [0, 0.1) is 13.8 Å². The Morgan fingerprint density at radius 2 is 1.63 bits per heavy atom. The Bertz CT molecular complexity index is 1270. The summed E-state index contributed by atoms with van der Waals surface area (Å²) in [7, 11) is 0. The molecule has 0 aliphatic rings. The lowest BCUT2D eigenvalue weighted by Gasteiger charge is -2.31. The van der Waals surface area contributed by atoms with Crippen molar-refractivity contribution in [1.29, 1.82) is 0 Å². The highest BCUT2D eigenvalue weighted by Gasteiger charge is 2.32. The van der Waals surface area contributed by atoms with E-state index in [-0.39, 0.29) is 11.8 Å². The highest BCUT2D eigenvalue weighted by Crippen LogP contribution is 2.27. The average Bonchev–Trinajstić information content (AvgIpc) is 3.42. The average molecular weight is 469 g/mol. The van der Waals surface area contributed by atoms with Crippen LogP contribution in [-0.4, -0.2) is 43.5 Å². The summed E-state index contributed by atoms with van der Waals surface area (Å²) in [6.07, 6.45) is 2.19. The van der Waals surface area contributed by atoms with Crippen molar-refractivity contribution in [2.75, 3.05) is 11.9 Å². The molecular weight excluding hydrogens is 440 g/mol. The fraction of sp³-hybridized carbons (Fsp3) is 0.222. The standard InChI is InChI=1S/C27H28N6O2/c1-4-17-32(27(35)22-13-15-23(16-14-22)33-18-28-30-31-33)25(21-11-6-5-7-12-21)26(34)29-24-19(2)9-8-10-20(24)3/h5-16,18,25H,4,17H2,1-3H3,(H,29,34)/t25-/m1/s1. The van der Waals surface area contributed by atoms with Crippen LogP contribution in [0.1, 0.15) is 46.4 Å². The molecule has 4 aromatic rings. The van der Waals surface area contributed by atoms with E-state index in [9.17, 15) is 9.59 Å². The Morgan fingerprint density at radius 3 is 2.23 bits per heavy atom. The Hall–Kier alpha value is -4.33. The summed E-state index contributed by atoms with van der Waals surface area (Å²) in [6.45, 7) is 6.34. The molecule has 1 aromatic heterocycles. The molecule has 1 heterocycles. The number of hydrogen-bond donors (Lipinski definition) is 1. The fourth-order valence-corrected chi connectivity index (χ4v) is 4.10. The third kappa shape index (κ3) is 5.27. The Morgan fingerprint density at radius 1 is 0.943 bits per heavy atom. The van der Waals surface area contributed by atoms with E-state index in [0.29, 0.717) is 18.5 Å². The van der Waals surface area contributed by atoms with E-state index in [1.165, 1.54) is 11.0 Å². The number of para-hydroxylation sites is 1. The topological polar surface area (TPSA) is 93.0 Å². The maximum Gasteiger partial charge on any atom is 0.254 e. The number of rotatable bonds is 8. The summed E-state index contributed by atoms with van der Waals surface area (Å²) in [5, 5.41) is 14.3. The summed E-state index contributed by atoms with van der Waals surface area (Å²) in [6, 6.07) is 21.5. The van der Waals surface area contributed by atoms with Crippen LogP contribution in [0.25, 0.3) is 5.69 Å². The van der Waals surface area contributed by atoms with Crippen LogP contribution in [0.4, 0.5) is 5.69 Å². The molecule has 0 aliphatic carbocycles. The number of nitrogens with one attached hydrogen (secondary N) is 1. The number of carbonyl (C=O) groups excluding carboxylic acids is 2. The van der Waals surface area contributed by atoms with Crippen LogP contribution in [0.15, 0.2) is 79.1 Å². The van der Waals surface area contributed by atoms with E-state index < -0.39 is 6.04 Å². The number of aromatic nitrogens is 4. The first-order valence-electron chi connectivity index (χ1n) is 11.6. The predicted octanol–water partition coefficient (Wildman–Crippen LogP) is 4.51. The van der Waals surface area contributed by atoms with Gasteiger partial charge in [-0.05, 0) is 71.7 Å². The van der Waals surface area contributed by atoms with Gasteiger partial charge in [0.2, 0.25) is 0 Å². The minimum absolute atomic E-state index is 0.222. The molecule has 8 nitrogen and oxygen atoms in total. The molecule has 0 saturated carbocycles. The number of amides is 2. The second-order valence-corrected chi connectivity index (χ2v) is 8.37. The minimum Gasteiger partial charge on any atom is -0.323 e. The van der Waals surface area contributed by atoms with E-state index in [4.69, 9.17) is 0 Å². The van der Waals surface area contributed by atoms with Crippen LogP contribution in [0.3, 0.4) is 0 Å². The molecule has 8 heteroatoms. The molecule has 0 bridgehead atoms. The number of carbonyl (C=O) groups is 2. The van der Waals surface area contributed by atoms with Gasteiger partial charge in [-0.2, -0.15) is 0 Å². The Kier molecular flexibility index (Phi) is 7.30. The van der Waals surface area contributed by atoms with Crippen molar-refractivity contribution < 1.29 is 9.59 Å². The van der Waals surface area contributed by atoms with Crippen LogP contribution >= 0.6 is 0 Å². The monoisotopic (exact) mass is 468 g/mol. The number of tetrazole rings is 1. The first-order chi connectivity index (χ1) is 17.0. The Balaban J connectivity index is 1.69. The molecule has 0 spiro atoms. The predicted molar refractivity (Wildman–Crippen MR) is 134 cm³/mol. The van der Waals surface area contributed by atoms with Crippen molar-refractivity contribution in [2.24, 2.45) is 0 Å². The van der Waals surface area contributed by atoms with Gasteiger partial charge in [0, 0.05) is 17.8 Å². The number of aryl methyl sites for hydroxylation is 2. The summed E-state index contributed by atoms with van der Waals surface area (Å²) in [4.78, 5) is 29.1. The summed E-state index contributed by atoms with van der Waals surface area (Å²) in [5.74, 6) is -0.471. The van der Waals surface area contributed by atoms with Gasteiger partial charge in [-0.1, -0.05) is 55.5 Å². The SMILES string of the molecule is CCCN(C(=O)c1ccc(-n2cnnn2)cc1)[C@@H](C(=O)Nc1c(C)cccc1C)c1ccccc1. The molecule has 1 atom stereocenters. The van der Waals surface area contributed by atoms with Gasteiger partial charge in [0.05, 0.1) is 5.69 Å². The minimum atomic E-state index is -0.790. The van der Waals surface area contributed by atoms with Gasteiger partial charge < -0.3 is 10.2 Å². The van der Waals surface area contributed by atoms with Crippen molar-refractivity contribution in [3.8, 4) is 5.69 Å². The van der Waals surface area contributed by atoms with Gasteiger partial charge >= 0.3 is 0 Å². The van der Waals surface area contributed by atoms with Crippen molar-refractivity contribution >= 4 is 17.5 Å². The normalized spacial score (nSPS) is 11.6. The molecular formula is C27H28N6O2. The van der Waals surface area contributed by atoms with Gasteiger partial charge in [0.15, 0.2) is 0 Å². The molecule has 0 unspecified atom stereocenters. The molecule has 35 heavy (non-hydrogen) atoms. The van der Waals surface area contributed by atoms with Crippen LogP contribution < -0.4 is 5.32 Å². The smallest absolute Gasteiger partial charge is 0.254 e. The highest BCUT2D eigenvalue weighted by molar-refractivity contribution is 6.02.